The van der Waals surface area contributed by atoms with Gasteiger partial charge in [-0.3, -0.25) is 9.59 Å². The summed E-state index contributed by atoms with van der Waals surface area (Å²) >= 11 is 5.85. The molecule has 1 aromatic carbocycles. The molecule has 0 N–H and O–H groups in total. The minimum Gasteiger partial charge on any atom is -0.266 e. The first-order valence-electron chi connectivity index (χ1n) is 5.14. The van der Waals surface area contributed by atoms with Crippen LogP contribution < -0.4 is 4.90 Å². The van der Waals surface area contributed by atoms with Crippen LogP contribution in [0, 0.1) is 0 Å². The standard InChI is InChI=1S/C12H6ClN3O2/c13-7-2-1-3-8(6-7)16-11(17)9-10(12(16)18)15-5-4-14-9/h1-6H. The summed E-state index contributed by atoms with van der Waals surface area (Å²) < 4.78 is 0. The lowest BCUT2D eigenvalue weighted by Crippen LogP contribution is -2.29. The van der Waals surface area contributed by atoms with Crippen molar-refractivity contribution in [3.8, 4) is 0 Å². The number of fused-ring (bicyclic) bond motifs is 1. The molecule has 0 bridgehead atoms. The van der Waals surface area contributed by atoms with E-state index >= 15 is 0 Å². The minimum atomic E-state index is -0.481. The average Bonchev–Trinajstić information content (AvgIpc) is 2.63. The molecule has 0 radical (unpaired) electrons. The van der Waals surface area contributed by atoms with E-state index < -0.39 is 11.8 Å². The molecule has 0 saturated carbocycles. The highest BCUT2D eigenvalue weighted by molar-refractivity contribution is 6.34. The summed E-state index contributed by atoms with van der Waals surface area (Å²) in [6, 6.07) is 6.51. The number of imide groups is 1. The van der Waals surface area contributed by atoms with E-state index in [9.17, 15) is 9.59 Å². The molecule has 3 rings (SSSR count). The zero-order valence-electron chi connectivity index (χ0n) is 9.00. The summed E-state index contributed by atoms with van der Waals surface area (Å²) in [5, 5.41) is 0.449. The number of hydrogen-bond acceptors (Lipinski definition) is 4. The highest BCUT2D eigenvalue weighted by Gasteiger charge is 2.39. The van der Waals surface area contributed by atoms with E-state index in [1.807, 2.05) is 0 Å². The van der Waals surface area contributed by atoms with Crippen molar-refractivity contribution in [2.45, 2.75) is 0 Å². The molecular formula is C12H6ClN3O2. The van der Waals surface area contributed by atoms with Crippen molar-refractivity contribution in [1.29, 1.82) is 0 Å². The first-order valence-corrected chi connectivity index (χ1v) is 5.51. The first-order chi connectivity index (χ1) is 8.68. The van der Waals surface area contributed by atoms with Crippen LogP contribution in [-0.2, 0) is 0 Å². The molecule has 5 nitrogen and oxygen atoms in total. The molecule has 0 spiro atoms. The second-order valence-corrected chi connectivity index (χ2v) is 4.12. The van der Waals surface area contributed by atoms with Gasteiger partial charge < -0.3 is 0 Å². The van der Waals surface area contributed by atoms with E-state index in [1.165, 1.54) is 12.4 Å². The van der Waals surface area contributed by atoms with Gasteiger partial charge >= 0.3 is 0 Å². The lowest BCUT2D eigenvalue weighted by molar-refractivity contribution is 0.0923. The summed E-state index contributed by atoms with van der Waals surface area (Å²) in [4.78, 5) is 32.9. The van der Waals surface area contributed by atoms with Crippen LogP contribution in [-0.4, -0.2) is 21.8 Å². The van der Waals surface area contributed by atoms with E-state index in [2.05, 4.69) is 9.97 Å². The lowest BCUT2D eigenvalue weighted by Gasteiger charge is -2.12. The summed E-state index contributed by atoms with van der Waals surface area (Å²) in [5.41, 5.74) is 0.558. The second kappa shape index (κ2) is 3.89. The van der Waals surface area contributed by atoms with Crippen molar-refractivity contribution < 1.29 is 9.59 Å². The van der Waals surface area contributed by atoms with E-state index in [-0.39, 0.29) is 11.4 Å². The van der Waals surface area contributed by atoms with Crippen LogP contribution in [0.25, 0.3) is 0 Å². The Morgan fingerprint density at radius 3 is 2.17 bits per heavy atom. The molecule has 0 unspecified atom stereocenters. The Hall–Kier alpha value is -2.27. The summed E-state index contributed by atoms with van der Waals surface area (Å²) in [6.45, 7) is 0. The van der Waals surface area contributed by atoms with Crippen LogP contribution in [0.1, 0.15) is 21.0 Å². The zero-order chi connectivity index (χ0) is 12.7. The lowest BCUT2D eigenvalue weighted by atomic mass is 10.3. The Morgan fingerprint density at radius 1 is 1.00 bits per heavy atom. The maximum absolute atomic E-state index is 12.1. The number of benzene rings is 1. The Bertz CT molecular complexity index is 637. The predicted molar refractivity (Wildman–Crippen MR) is 64.6 cm³/mol. The highest BCUT2D eigenvalue weighted by atomic mass is 35.5. The molecule has 0 fully saturated rings. The fourth-order valence-electron chi connectivity index (χ4n) is 1.80. The maximum Gasteiger partial charge on any atom is 0.286 e. The first kappa shape index (κ1) is 10.9. The van der Waals surface area contributed by atoms with Crippen LogP contribution in [0.15, 0.2) is 36.7 Å². The number of halogens is 1. The Morgan fingerprint density at radius 2 is 1.61 bits per heavy atom. The van der Waals surface area contributed by atoms with Crippen molar-refractivity contribution in [1.82, 2.24) is 9.97 Å². The number of aromatic nitrogens is 2. The SMILES string of the molecule is O=C1c2nccnc2C(=O)N1c1cccc(Cl)c1. The fraction of sp³-hybridized carbons (Fsp3) is 0. The monoisotopic (exact) mass is 259 g/mol. The largest absolute Gasteiger partial charge is 0.286 e. The van der Waals surface area contributed by atoms with Gasteiger partial charge in [0.1, 0.15) is 0 Å². The number of carbonyl (C=O) groups excluding carboxylic acids is 2. The van der Waals surface area contributed by atoms with E-state index in [0.717, 1.165) is 4.90 Å². The molecule has 88 valence electrons. The quantitative estimate of drug-likeness (QED) is 0.734. The molecule has 1 aromatic heterocycles. The van der Waals surface area contributed by atoms with Crippen molar-refractivity contribution in [2.24, 2.45) is 0 Å². The van der Waals surface area contributed by atoms with Crippen molar-refractivity contribution in [2.75, 3.05) is 4.90 Å². The van der Waals surface area contributed by atoms with Crippen molar-refractivity contribution >= 4 is 29.1 Å². The second-order valence-electron chi connectivity index (χ2n) is 3.68. The molecule has 0 saturated heterocycles. The molecular weight excluding hydrogens is 254 g/mol. The van der Waals surface area contributed by atoms with Crippen LogP contribution >= 0.6 is 11.6 Å². The van der Waals surface area contributed by atoms with Gasteiger partial charge in [0.05, 0.1) is 5.69 Å². The van der Waals surface area contributed by atoms with Gasteiger partial charge in [-0.05, 0) is 18.2 Å². The van der Waals surface area contributed by atoms with Crippen LogP contribution in [0.5, 0.6) is 0 Å². The van der Waals surface area contributed by atoms with Gasteiger partial charge in [-0.2, -0.15) is 0 Å². The zero-order valence-corrected chi connectivity index (χ0v) is 9.76. The van der Waals surface area contributed by atoms with Gasteiger partial charge in [-0.15, -0.1) is 0 Å². The Kier molecular flexibility index (Phi) is 2.34. The summed E-state index contributed by atoms with van der Waals surface area (Å²) in [5.74, 6) is -0.962. The van der Waals surface area contributed by atoms with Gasteiger partial charge in [0, 0.05) is 17.4 Å². The third-order valence-electron chi connectivity index (χ3n) is 2.58. The number of hydrogen-bond donors (Lipinski definition) is 0. The molecule has 2 heterocycles. The predicted octanol–water partition coefficient (Wildman–Crippen LogP) is 1.93. The number of nitrogens with zero attached hydrogens (tertiary/aromatic N) is 3. The average molecular weight is 260 g/mol. The Balaban J connectivity index is 2.12. The number of amides is 2. The Labute approximate surface area is 107 Å². The number of rotatable bonds is 1. The van der Waals surface area contributed by atoms with Gasteiger partial charge in [0.25, 0.3) is 11.8 Å². The topological polar surface area (TPSA) is 63.2 Å². The van der Waals surface area contributed by atoms with Crippen molar-refractivity contribution in [3.63, 3.8) is 0 Å². The normalized spacial score (nSPS) is 13.9. The molecule has 6 heteroatoms. The van der Waals surface area contributed by atoms with Crippen LogP contribution in [0.2, 0.25) is 5.02 Å². The van der Waals surface area contributed by atoms with Gasteiger partial charge in [0.15, 0.2) is 11.4 Å². The molecule has 0 atom stereocenters. The molecule has 1 aliphatic heterocycles. The fourth-order valence-corrected chi connectivity index (χ4v) is 1.99. The molecule has 2 amide bonds. The highest BCUT2D eigenvalue weighted by Crippen LogP contribution is 2.27. The third kappa shape index (κ3) is 1.48. The molecule has 0 aliphatic carbocycles. The summed E-state index contributed by atoms with van der Waals surface area (Å²) in [7, 11) is 0. The summed E-state index contributed by atoms with van der Waals surface area (Å²) in [6.07, 6.45) is 2.76. The van der Waals surface area contributed by atoms with Crippen LogP contribution in [0.4, 0.5) is 5.69 Å². The molecule has 2 aromatic rings. The van der Waals surface area contributed by atoms with Gasteiger partial charge in [-0.25, -0.2) is 14.9 Å². The minimum absolute atomic E-state index is 0.0717. The van der Waals surface area contributed by atoms with E-state index in [1.54, 1.807) is 24.3 Å². The molecule has 1 aliphatic rings. The van der Waals surface area contributed by atoms with Gasteiger partial charge in [-0.1, -0.05) is 17.7 Å². The number of anilines is 1. The number of carbonyl (C=O) groups is 2. The van der Waals surface area contributed by atoms with Crippen LogP contribution in [0.3, 0.4) is 0 Å². The van der Waals surface area contributed by atoms with Crippen molar-refractivity contribution in [3.05, 3.63) is 53.1 Å². The maximum atomic E-state index is 12.1. The smallest absolute Gasteiger partial charge is 0.266 e. The third-order valence-corrected chi connectivity index (χ3v) is 2.81. The van der Waals surface area contributed by atoms with E-state index in [4.69, 9.17) is 11.6 Å². The molecule has 18 heavy (non-hydrogen) atoms. The van der Waals surface area contributed by atoms with Gasteiger partial charge in [0.2, 0.25) is 0 Å². The van der Waals surface area contributed by atoms with E-state index in [0.29, 0.717) is 10.7 Å².